The number of rotatable bonds is 4. The van der Waals surface area contributed by atoms with E-state index in [2.05, 4.69) is 37.9 Å². The highest BCUT2D eigenvalue weighted by Crippen LogP contribution is 2.40. The molecule has 1 saturated heterocycles. The van der Waals surface area contributed by atoms with Gasteiger partial charge in [-0.1, -0.05) is 19.8 Å². The van der Waals surface area contributed by atoms with Gasteiger partial charge in [-0.05, 0) is 70.9 Å². The molecule has 2 rings (SSSR count). The molecule has 2 fully saturated rings. The third-order valence-corrected chi connectivity index (χ3v) is 4.94. The van der Waals surface area contributed by atoms with E-state index in [-0.39, 0.29) is 5.54 Å². The minimum absolute atomic E-state index is 0.249. The van der Waals surface area contributed by atoms with Crippen LogP contribution in [0.3, 0.4) is 0 Å². The predicted molar refractivity (Wildman–Crippen MR) is 83.5 cm³/mol. The van der Waals surface area contributed by atoms with Crippen molar-refractivity contribution in [1.82, 2.24) is 10.2 Å². The van der Waals surface area contributed by atoms with Crippen molar-refractivity contribution in [1.29, 1.82) is 0 Å². The Balaban J connectivity index is 1.98. The van der Waals surface area contributed by atoms with Crippen molar-refractivity contribution in [3.63, 3.8) is 0 Å². The SMILES string of the molecule is CC1CCCC(CNC(C)(C)C)(CN2CCCC2)C1. The summed E-state index contributed by atoms with van der Waals surface area (Å²) in [7, 11) is 0. The average Bonchev–Trinajstić information content (AvgIpc) is 2.78. The van der Waals surface area contributed by atoms with Gasteiger partial charge in [-0.25, -0.2) is 0 Å². The second-order valence-corrected chi connectivity index (χ2v) is 8.29. The summed E-state index contributed by atoms with van der Waals surface area (Å²) in [5, 5.41) is 3.80. The summed E-state index contributed by atoms with van der Waals surface area (Å²) in [6.07, 6.45) is 8.55. The predicted octanol–water partition coefficient (Wildman–Crippen LogP) is 3.67. The lowest BCUT2D eigenvalue weighted by Gasteiger charge is -2.44. The maximum atomic E-state index is 3.80. The van der Waals surface area contributed by atoms with Gasteiger partial charge in [0.15, 0.2) is 0 Å². The molecular weight excluding hydrogens is 232 g/mol. The molecule has 2 nitrogen and oxygen atoms in total. The van der Waals surface area contributed by atoms with E-state index in [0.717, 1.165) is 5.92 Å². The topological polar surface area (TPSA) is 15.3 Å². The van der Waals surface area contributed by atoms with Gasteiger partial charge >= 0.3 is 0 Å². The summed E-state index contributed by atoms with van der Waals surface area (Å²) in [4.78, 5) is 2.72. The van der Waals surface area contributed by atoms with Gasteiger partial charge in [0.25, 0.3) is 0 Å². The lowest BCUT2D eigenvalue weighted by Crippen LogP contribution is -2.50. The van der Waals surface area contributed by atoms with Gasteiger partial charge in [0.05, 0.1) is 0 Å². The van der Waals surface area contributed by atoms with E-state index in [4.69, 9.17) is 0 Å². The van der Waals surface area contributed by atoms with Crippen LogP contribution in [0.5, 0.6) is 0 Å². The van der Waals surface area contributed by atoms with Crippen LogP contribution in [0, 0.1) is 11.3 Å². The van der Waals surface area contributed by atoms with Crippen LogP contribution < -0.4 is 5.32 Å². The minimum atomic E-state index is 0.249. The Labute approximate surface area is 120 Å². The molecule has 1 N–H and O–H groups in total. The Morgan fingerprint density at radius 1 is 1.16 bits per heavy atom. The summed E-state index contributed by atoms with van der Waals surface area (Å²) in [5.41, 5.74) is 0.786. The van der Waals surface area contributed by atoms with E-state index < -0.39 is 0 Å². The van der Waals surface area contributed by atoms with Gasteiger partial charge in [0, 0.05) is 18.6 Å². The quantitative estimate of drug-likeness (QED) is 0.835. The smallest absolute Gasteiger partial charge is 0.00967 e. The van der Waals surface area contributed by atoms with Crippen molar-refractivity contribution in [2.24, 2.45) is 11.3 Å². The summed E-state index contributed by atoms with van der Waals surface area (Å²) in [6.45, 7) is 14.6. The number of likely N-dealkylation sites (tertiary alicyclic amines) is 1. The fourth-order valence-corrected chi connectivity index (χ4v) is 4.00. The molecule has 2 aliphatic rings. The molecule has 19 heavy (non-hydrogen) atoms. The maximum absolute atomic E-state index is 3.80. The molecule has 1 heterocycles. The second kappa shape index (κ2) is 6.13. The van der Waals surface area contributed by atoms with E-state index in [1.807, 2.05) is 0 Å². The number of hydrogen-bond donors (Lipinski definition) is 1. The van der Waals surface area contributed by atoms with Crippen LogP contribution in [0.4, 0.5) is 0 Å². The fourth-order valence-electron chi connectivity index (χ4n) is 4.00. The molecule has 112 valence electrons. The highest BCUT2D eigenvalue weighted by Gasteiger charge is 2.37. The summed E-state index contributed by atoms with van der Waals surface area (Å²) < 4.78 is 0. The Morgan fingerprint density at radius 3 is 2.42 bits per heavy atom. The minimum Gasteiger partial charge on any atom is -0.311 e. The zero-order valence-corrected chi connectivity index (χ0v) is 13.6. The normalized spacial score (nSPS) is 33.8. The third-order valence-electron chi connectivity index (χ3n) is 4.94. The van der Waals surface area contributed by atoms with Crippen LogP contribution >= 0.6 is 0 Å². The molecule has 0 bridgehead atoms. The molecule has 0 aromatic heterocycles. The fraction of sp³-hybridized carbons (Fsp3) is 1.00. The molecule has 1 saturated carbocycles. The summed E-state index contributed by atoms with van der Waals surface area (Å²) in [6, 6.07) is 0. The zero-order chi connectivity index (χ0) is 13.9. The number of nitrogens with one attached hydrogen (secondary N) is 1. The maximum Gasteiger partial charge on any atom is 0.00967 e. The van der Waals surface area contributed by atoms with Gasteiger partial charge in [-0.3, -0.25) is 0 Å². The van der Waals surface area contributed by atoms with Crippen LogP contribution in [0.25, 0.3) is 0 Å². The van der Waals surface area contributed by atoms with Crippen LogP contribution in [-0.4, -0.2) is 36.6 Å². The molecule has 0 spiro atoms. The van der Waals surface area contributed by atoms with Crippen LogP contribution in [0.2, 0.25) is 0 Å². The second-order valence-electron chi connectivity index (χ2n) is 8.29. The molecule has 0 aromatic carbocycles. The molecule has 0 aromatic rings. The molecule has 1 aliphatic heterocycles. The van der Waals surface area contributed by atoms with Crippen LogP contribution in [0.15, 0.2) is 0 Å². The van der Waals surface area contributed by atoms with Crippen molar-refractivity contribution in [2.45, 2.75) is 71.8 Å². The van der Waals surface area contributed by atoms with E-state index >= 15 is 0 Å². The number of nitrogens with zero attached hydrogens (tertiary/aromatic N) is 1. The van der Waals surface area contributed by atoms with Gasteiger partial charge in [0.1, 0.15) is 0 Å². The molecule has 0 radical (unpaired) electrons. The van der Waals surface area contributed by atoms with Crippen molar-refractivity contribution >= 4 is 0 Å². The van der Waals surface area contributed by atoms with E-state index in [1.54, 1.807) is 0 Å². The Hall–Kier alpha value is -0.0800. The van der Waals surface area contributed by atoms with Crippen LogP contribution in [0.1, 0.15) is 66.2 Å². The molecule has 2 unspecified atom stereocenters. The molecule has 0 amide bonds. The molecule has 1 aliphatic carbocycles. The number of hydrogen-bond acceptors (Lipinski definition) is 2. The standard InChI is InChI=1S/C17H34N2/c1-15-8-7-9-17(12-15,13-18-16(2,3)4)14-19-10-5-6-11-19/h15,18H,5-14H2,1-4H3. The largest absolute Gasteiger partial charge is 0.311 e. The first kappa shape index (κ1) is 15.3. The van der Waals surface area contributed by atoms with Crippen LogP contribution in [-0.2, 0) is 0 Å². The monoisotopic (exact) mass is 266 g/mol. The zero-order valence-electron chi connectivity index (χ0n) is 13.6. The van der Waals surface area contributed by atoms with E-state index in [9.17, 15) is 0 Å². The first-order valence-electron chi connectivity index (χ1n) is 8.36. The highest BCUT2D eigenvalue weighted by molar-refractivity contribution is 4.92. The lowest BCUT2D eigenvalue weighted by atomic mass is 9.69. The summed E-state index contributed by atoms with van der Waals surface area (Å²) >= 11 is 0. The Bertz CT molecular complexity index is 275. The molecule has 2 heteroatoms. The van der Waals surface area contributed by atoms with Crippen molar-refractivity contribution in [3.8, 4) is 0 Å². The van der Waals surface area contributed by atoms with Crippen molar-refractivity contribution in [2.75, 3.05) is 26.2 Å². The first-order chi connectivity index (χ1) is 8.89. The summed E-state index contributed by atoms with van der Waals surface area (Å²) in [5.74, 6) is 0.915. The van der Waals surface area contributed by atoms with Crippen molar-refractivity contribution < 1.29 is 0 Å². The third kappa shape index (κ3) is 4.75. The Kier molecular flexibility index (Phi) is 4.94. The molecule has 2 atom stereocenters. The van der Waals surface area contributed by atoms with E-state index in [0.29, 0.717) is 5.41 Å². The van der Waals surface area contributed by atoms with Gasteiger partial charge in [-0.2, -0.15) is 0 Å². The lowest BCUT2D eigenvalue weighted by molar-refractivity contribution is 0.0839. The van der Waals surface area contributed by atoms with Gasteiger partial charge in [0.2, 0.25) is 0 Å². The Morgan fingerprint density at radius 2 is 1.84 bits per heavy atom. The average molecular weight is 266 g/mol. The first-order valence-corrected chi connectivity index (χ1v) is 8.36. The molecular formula is C17H34N2. The van der Waals surface area contributed by atoms with Gasteiger partial charge in [-0.15, -0.1) is 0 Å². The van der Waals surface area contributed by atoms with Crippen molar-refractivity contribution in [3.05, 3.63) is 0 Å². The highest BCUT2D eigenvalue weighted by atomic mass is 15.2. The van der Waals surface area contributed by atoms with Gasteiger partial charge < -0.3 is 10.2 Å². The van der Waals surface area contributed by atoms with E-state index in [1.165, 1.54) is 64.7 Å².